The Balaban J connectivity index is 1.51. The van der Waals surface area contributed by atoms with Crippen LogP contribution in [0.4, 0.5) is 5.82 Å². The van der Waals surface area contributed by atoms with Gasteiger partial charge in [-0.2, -0.15) is 0 Å². The van der Waals surface area contributed by atoms with E-state index in [9.17, 15) is 0 Å². The number of benzene rings is 1. The van der Waals surface area contributed by atoms with Gasteiger partial charge in [0.05, 0.1) is 5.69 Å². The first-order chi connectivity index (χ1) is 13.2. The van der Waals surface area contributed by atoms with Gasteiger partial charge in [0.15, 0.2) is 0 Å². The van der Waals surface area contributed by atoms with Gasteiger partial charge in [0.2, 0.25) is 0 Å². The quantitative estimate of drug-likeness (QED) is 0.832. The van der Waals surface area contributed by atoms with Crippen LogP contribution in [0.5, 0.6) is 0 Å². The summed E-state index contributed by atoms with van der Waals surface area (Å²) in [5.41, 5.74) is 5.30. The lowest BCUT2D eigenvalue weighted by atomic mass is 9.99. The van der Waals surface area contributed by atoms with Crippen molar-refractivity contribution in [3.63, 3.8) is 0 Å². The maximum atomic E-state index is 4.68. The number of nitrogens with zero attached hydrogens (tertiary/aromatic N) is 5. The van der Waals surface area contributed by atoms with Crippen molar-refractivity contribution in [1.29, 1.82) is 0 Å². The van der Waals surface area contributed by atoms with Crippen molar-refractivity contribution in [2.45, 2.75) is 39.8 Å². The second-order valence-corrected chi connectivity index (χ2v) is 7.85. The normalized spacial score (nSPS) is 19.7. The van der Waals surface area contributed by atoms with Crippen LogP contribution in [0.25, 0.3) is 0 Å². The molecule has 2 aliphatic heterocycles. The molecule has 2 aliphatic rings. The molecule has 3 heterocycles. The molecule has 27 heavy (non-hydrogen) atoms. The van der Waals surface area contributed by atoms with E-state index in [0.29, 0.717) is 6.04 Å². The average molecular weight is 366 g/mol. The number of aryl methyl sites for hydroxylation is 1. The highest BCUT2D eigenvalue weighted by Crippen LogP contribution is 2.31. The Kier molecular flexibility index (Phi) is 5.41. The number of fused-ring (bicyclic) bond motifs is 1. The second kappa shape index (κ2) is 7.95. The van der Waals surface area contributed by atoms with Gasteiger partial charge in [-0.25, -0.2) is 9.97 Å². The number of aromatic nitrogens is 2. The second-order valence-electron chi connectivity index (χ2n) is 7.85. The number of hydrogen-bond donors (Lipinski definition) is 0. The van der Waals surface area contributed by atoms with Gasteiger partial charge in [-0.1, -0.05) is 36.8 Å². The fourth-order valence-electron chi connectivity index (χ4n) is 4.38. The van der Waals surface area contributed by atoms with Gasteiger partial charge in [0, 0.05) is 50.9 Å². The topological polar surface area (TPSA) is 35.5 Å². The highest BCUT2D eigenvalue weighted by molar-refractivity contribution is 5.50. The summed E-state index contributed by atoms with van der Waals surface area (Å²) in [4.78, 5) is 16.9. The highest BCUT2D eigenvalue weighted by atomic mass is 15.3. The van der Waals surface area contributed by atoms with E-state index in [4.69, 9.17) is 0 Å². The predicted molar refractivity (Wildman–Crippen MR) is 110 cm³/mol. The average Bonchev–Trinajstić information content (AvgIpc) is 2.72. The van der Waals surface area contributed by atoms with Gasteiger partial charge in [-0.3, -0.25) is 4.90 Å². The monoisotopic (exact) mass is 365 g/mol. The minimum absolute atomic E-state index is 0.407. The van der Waals surface area contributed by atoms with E-state index in [0.717, 1.165) is 52.2 Å². The van der Waals surface area contributed by atoms with Crippen LogP contribution in [0.1, 0.15) is 42.3 Å². The summed E-state index contributed by atoms with van der Waals surface area (Å²) in [6.07, 6.45) is 2.80. The lowest BCUT2D eigenvalue weighted by molar-refractivity contribution is 0.188. The summed E-state index contributed by atoms with van der Waals surface area (Å²) >= 11 is 0. The minimum atomic E-state index is 0.407. The fraction of sp³-hybridized carbons (Fsp3) is 0.545. The Morgan fingerprint density at radius 3 is 2.63 bits per heavy atom. The van der Waals surface area contributed by atoms with Crippen molar-refractivity contribution in [2.24, 2.45) is 0 Å². The van der Waals surface area contributed by atoms with Crippen LogP contribution in [-0.4, -0.2) is 59.0 Å². The summed E-state index contributed by atoms with van der Waals surface area (Å²) in [5.74, 6) is 1.18. The number of hydrogen-bond acceptors (Lipinski definition) is 5. The van der Waals surface area contributed by atoms with E-state index < -0.39 is 0 Å². The molecule has 5 nitrogen and oxygen atoms in total. The maximum Gasteiger partial charge on any atom is 0.135 e. The van der Waals surface area contributed by atoms with E-state index in [1.807, 2.05) is 0 Å². The molecule has 5 heteroatoms. The molecule has 1 fully saturated rings. The molecule has 144 valence electrons. The summed E-state index contributed by atoms with van der Waals surface area (Å²) < 4.78 is 0. The van der Waals surface area contributed by atoms with Gasteiger partial charge < -0.3 is 9.80 Å². The Morgan fingerprint density at radius 2 is 1.89 bits per heavy atom. The maximum absolute atomic E-state index is 4.68. The molecule has 1 aromatic carbocycles. The Morgan fingerprint density at radius 1 is 1.07 bits per heavy atom. The van der Waals surface area contributed by atoms with Crippen molar-refractivity contribution in [2.75, 3.05) is 44.2 Å². The molecule has 0 bridgehead atoms. The molecule has 4 rings (SSSR count). The molecule has 0 N–H and O–H groups in total. The number of rotatable bonds is 4. The van der Waals surface area contributed by atoms with Crippen molar-refractivity contribution in [1.82, 2.24) is 19.8 Å². The van der Waals surface area contributed by atoms with Crippen molar-refractivity contribution in [3.8, 4) is 0 Å². The summed E-state index contributed by atoms with van der Waals surface area (Å²) in [5, 5.41) is 0. The summed E-state index contributed by atoms with van der Waals surface area (Å²) in [6, 6.07) is 9.28. The minimum Gasteiger partial charge on any atom is -0.354 e. The molecule has 0 spiro atoms. The number of likely N-dealkylation sites (N-methyl/N-ethyl adjacent to an activating group) is 1. The molecule has 1 atom stereocenters. The van der Waals surface area contributed by atoms with Crippen LogP contribution in [0, 0.1) is 6.92 Å². The van der Waals surface area contributed by atoms with Gasteiger partial charge in [-0.05, 0) is 32.4 Å². The fourth-order valence-corrected chi connectivity index (χ4v) is 4.38. The Bertz CT molecular complexity index is 782. The molecular weight excluding hydrogens is 334 g/mol. The molecule has 0 amide bonds. The third-order valence-corrected chi connectivity index (χ3v) is 6.21. The third kappa shape index (κ3) is 3.85. The molecule has 1 unspecified atom stereocenters. The first kappa shape index (κ1) is 18.4. The van der Waals surface area contributed by atoms with Gasteiger partial charge in [-0.15, -0.1) is 0 Å². The lowest BCUT2D eigenvalue weighted by Gasteiger charge is -2.38. The lowest BCUT2D eigenvalue weighted by Crippen LogP contribution is -2.47. The predicted octanol–water partition coefficient (Wildman–Crippen LogP) is 3.05. The highest BCUT2D eigenvalue weighted by Gasteiger charge is 2.27. The van der Waals surface area contributed by atoms with Crippen LogP contribution in [0.15, 0.2) is 30.6 Å². The van der Waals surface area contributed by atoms with Crippen LogP contribution >= 0.6 is 0 Å². The van der Waals surface area contributed by atoms with Crippen LogP contribution in [0.2, 0.25) is 0 Å². The van der Waals surface area contributed by atoms with Crippen molar-refractivity contribution < 1.29 is 0 Å². The van der Waals surface area contributed by atoms with E-state index in [-0.39, 0.29) is 0 Å². The summed E-state index contributed by atoms with van der Waals surface area (Å²) in [6.45, 7) is 14.2. The SMILES string of the molecule is CCN1CCN(c2ncnc3c2CCN(C(C)c2cccc(C)c2)C3)CC1. The van der Waals surface area contributed by atoms with Crippen molar-refractivity contribution in [3.05, 3.63) is 53.0 Å². The van der Waals surface area contributed by atoms with Gasteiger partial charge in [0.1, 0.15) is 12.1 Å². The zero-order chi connectivity index (χ0) is 18.8. The van der Waals surface area contributed by atoms with E-state index in [1.165, 1.54) is 28.2 Å². The molecule has 2 aromatic rings. The molecule has 0 aliphatic carbocycles. The molecule has 1 saturated heterocycles. The molecule has 0 saturated carbocycles. The zero-order valence-electron chi connectivity index (χ0n) is 16.9. The van der Waals surface area contributed by atoms with Gasteiger partial charge in [0.25, 0.3) is 0 Å². The number of piperazine rings is 1. The van der Waals surface area contributed by atoms with Crippen LogP contribution < -0.4 is 4.90 Å². The first-order valence-electron chi connectivity index (χ1n) is 10.3. The van der Waals surface area contributed by atoms with Crippen LogP contribution in [0.3, 0.4) is 0 Å². The van der Waals surface area contributed by atoms with E-state index in [2.05, 4.69) is 69.7 Å². The zero-order valence-corrected chi connectivity index (χ0v) is 16.9. The van der Waals surface area contributed by atoms with E-state index >= 15 is 0 Å². The number of anilines is 1. The standard InChI is InChI=1S/C22H31N5/c1-4-25-10-12-26(13-11-25)22-20-8-9-27(15-21(20)23-16-24-22)18(3)19-7-5-6-17(2)14-19/h5-7,14,16,18H,4,8-13,15H2,1-3H3. The Labute approximate surface area is 163 Å². The van der Waals surface area contributed by atoms with Crippen molar-refractivity contribution >= 4 is 5.82 Å². The Hall–Kier alpha value is -1.98. The van der Waals surface area contributed by atoms with Gasteiger partial charge >= 0.3 is 0 Å². The van der Waals surface area contributed by atoms with E-state index in [1.54, 1.807) is 6.33 Å². The third-order valence-electron chi connectivity index (χ3n) is 6.21. The summed E-state index contributed by atoms with van der Waals surface area (Å²) in [7, 11) is 0. The first-order valence-corrected chi connectivity index (χ1v) is 10.3. The molecule has 1 aromatic heterocycles. The smallest absolute Gasteiger partial charge is 0.135 e. The molecule has 0 radical (unpaired) electrons. The molecular formula is C22H31N5. The van der Waals surface area contributed by atoms with Crippen LogP contribution in [-0.2, 0) is 13.0 Å². The largest absolute Gasteiger partial charge is 0.354 e.